The third kappa shape index (κ3) is 4.62. The largest absolute Gasteiger partial charge is 0.508 e. The van der Waals surface area contributed by atoms with Crippen molar-refractivity contribution < 1.29 is 14.9 Å². The Morgan fingerprint density at radius 3 is 2.76 bits per heavy atom. The Labute approximate surface area is 193 Å². The minimum absolute atomic E-state index is 0.00625. The minimum Gasteiger partial charge on any atom is -0.508 e. The van der Waals surface area contributed by atoms with E-state index in [1.807, 2.05) is 23.1 Å². The molecule has 0 aliphatic carbocycles. The first-order valence-electron chi connectivity index (χ1n) is 11.5. The third-order valence-corrected chi connectivity index (χ3v) is 6.40. The van der Waals surface area contributed by atoms with E-state index in [9.17, 15) is 10.2 Å². The van der Waals surface area contributed by atoms with E-state index in [1.54, 1.807) is 18.2 Å². The number of aromatic nitrogens is 3. The first kappa shape index (κ1) is 21.6. The summed E-state index contributed by atoms with van der Waals surface area (Å²) in [6, 6.07) is 15.1. The number of aliphatic hydroxyl groups is 1. The van der Waals surface area contributed by atoms with Gasteiger partial charge in [0.15, 0.2) is 5.82 Å². The maximum atomic E-state index is 10.3. The first-order chi connectivity index (χ1) is 16.1. The highest BCUT2D eigenvalue weighted by Crippen LogP contribution is 2.33. The fraction of sp³-hybridized carbons (Fsp3) is 0.400. The SMILES string of the molecule is CN1CCCC(Oc2nc(-c3cccc(O)c3)nc(N3CCc4ccccc4[C@@H]3CO)n2)C1. The predicted molar refractivity (Wildman–Crippen MR) is 125 cm³/mol. The van der Waals surface area contributed by atoms with Crippen molar-refractivity contribution in [2.24, 2.45) is 0 Å². The highest BCUT2D eigenvalue weighted by molar-refractivity contribution is 5.59. The molecular weight excluding hydrogens is 418 g/mol. The zero-order valence-electron chi connectivity index (χ0n) is 18.8. The zero-order chi connectivity index (χ0) is 22.8. The van der Waals surface area contributed by atoms with Crippen molar-refractivity contribution in [3.63, 3.8) is 0 Å². The van der Waals surface area contributed by atoms with E-state index in [0.29, 0.717) is 23.9 Å². The Hall–Kier alpha value is -3.23. The molecule has 1 saturated heterocycles. The lowest BCUT2D eigenvalue weighted by Gasteiger charge is -2.36. The van der Waals surface area contributed by atoms with Crippen LogP contribution in [0.5, 0.6) is 11.8 Å². The standard InChI is InChI=1S/C25H29N5O3/c1-29-12-5-9-20(15-29)33-25-27-23(18-7-4-8-19(32)14-18)26-24(28-25)30-13-11-17-6-2-3-10-21(17)22(30)16-31/h2-4,6-8,10,14,20,22,31-32H,5,9,11-13,15-16H2,1H3/t20?,22-/m0/s1. The Balaban J connectivity index is 1.54. The molecule has 1 fully saturated rings. The molecule has 0 spiro atoms. The Morgan fingerprint density at radius 1 is 1.06 bits per heavy atom. The molecule has 1 aromatic heterocycles. The number of aromatic hydroxyl groups is 1. The van der Waals surface area contributed by atoms with Gasteiger partial charge in [0.1, 0.15) is 11.9 Å². The Morgan fingerprint density at radius 2 is 1.94 bits per heavy atom. The number of fused-ring (bicyclic) bond motifs is 1. The highest BCUT2D eigenvalue weighted by atomic mass is 16.5. The van der Waals surface area contributed by atoms with Gasteiger partial charge in [-0.1, -0.05) is 36.4 Å². The number of phenols is 1. The summed E-state index contributed by atoms with van der Waals surface area (Å²) in [5.74, 6) is 1.05. The van der Waals surface area contributed by atoms with Crippen LogP contribution in [0.25, 0.3) is 11.4 Å². The number of benzene rings is 2. The average molecular weight is 448 g/mol. The van der Waals surface area contributed by atoms with Crippen molar-refractivity contribution in [2.75, 3.05) is 38.2 Å². The van der Waals surface area contributed by atoms with Crippen LogP contribution in [0.15, 0.2) is 48.5 Å². The second-order valence-electron chi connectivity index (χ2n) is 8.78. The van der Waals surface area contributed by atoms with Crippen LogP contribution in [0.2, 0.25) is 0 Å². The molecule has 33 heavy (non-hydrogen) atoms. The smallest absolute Gasteiger partial charge is 0.322 e. The summed E-state index contributed by atoms with van der Waals surface area (Å²) in [5, 5.41) is 20.3. The number of likely N-dealkylation sites (N-methyl/N-ethyl adjacent to an activating group) is 1. The molecule has 0 bridgehead atoms. The molecule has 3 aromatic rings. The van der Waals surface area contributed by atoms with Crippen LogP contribution >= 0.6 is 0 Å². The average Bonchev–Trinajstić information content (AvgIpc) is 2.83. The number of likely N-dealkylation sites (tertiary alicyclic amines) is 1. The molecule has 1 unspecified atom stereocenters. The molecule has 8 nitrogen and oxygen atoms in total. The van der Waals surface area contributed by atoms with Gasteiger partial charge in [0.25, 0.3) is 0 Å². The molecule has 8 heteroatoms. The lowest BCUT2D eigenvalue weighted by Crippen LogP contribution is -2.40. The monoisotopic (exact) mass is 447 g/mol. The van der Waals surface area contributed by atoms with Crippen molar-refractivity contribution in [3.05, 3.63) is 59.7 Å². The van der Waals surface area contributed by atoms with Crippen LogP contribution in [-0.4, -0.2) is 69.5 Å². The van der Waals surface area contributed by atoms with Crippen molar-refractivity contribution in [2.45, 2.75) is 31.4 Å². The second-order valence-corrected chi connectivity index (χ2v) is 8.78. The van der Waals surface area contributed by atoms with Crippen LogP contribution in [-0.2, 0) is 6.42 Å². The van der Waals surface area contributed by atoms with Gasteiger partial charge in [0, 0.05) is 18.7 Å². The minimum atomic E-state index is -0.247. The number of nitrogens with zero attached hydrogens (tertiary/aromatic N) is 5. The molecule has 0 radical (unpaired) electrons. The fourth-order valence-corrected chi connectivity index (χ4v) is 4.75. The molecule has 0 saturated carbocycles. The van der Waals surface area contributed by atoms with E-state index < -0.39 is 0 Å². The van der Waals surface area contributed by atoms with E-state index in [0.717, 1.165) is 37.9 Å². The van der Waals surface area contributed by atoms with Crippen LogP contribution < -0.4 is 9.64 Å². The van der Waals surface area contributed by atoms with Crippen LogP contribution in [0.4, 0.5) is 5.95 Å². The van der Waals surface area contributed by atoms with E-state index in [2.05, 4.69) is 34.0 Å². The van der Waals surface area contributed by atoms with Crippen LogP contribution in [0, 0.1) is 0 Å². The zero-order valence-corrected chi connectivity index (χ0v) is 18.8. The summed E-state index contributed by atoms with van der Waals surface area (Å²) in [5.41, 5.74) is 3.00. The van der Waals surface area contributed by atoms with Gasteiger partial charge >= 0.3 is 6.01 Å². The maximum absolute atomic E-state index is 10.3. The van der Waals surface area contributed by atoms with Crippen molar-refractivity contribution >= 4 is 5.95 Å². The topological polar surface area (TPSA) is 94.8 Å². The predicted octanol–water partition coefficient (Wildman–Crippen LogP) is 2.81. The third-order valence-electron chi connectivity index (χ3n) is 6.40. The second kappa shape index (κ2) is 9.33. The maximum Gasteiger partial charge on any atom is 0.322 e. The number of phenolic OH excluding ortho intramolecular Hbond substituents is 1. The normalized spacial score (nSPS) is 21.0. The van der Waals surface area contributed by atoms with Gasteiger partial charge in [-0.15, -0.1) is 0 Å². The molecule has 172 valence electrons. The fourth-order valence-electron chi connectivity index (χ4n) is 4.75. The van der Waals surface area contributed by atoms with Gasteiger partial charge in [-0.3, -0.25) is 0 Å². The van der Waals surface area contributed by atoms with Gasteiger partial charge in [-0.2, -0.15) is 15.0 Å². The van der Waals surface area contributed by atoms with Crippen molar-refractivity contribution in [1.29, 1.82) is 0 Å². The molecule has 2 N–H and O–H groups in total. The van der Waals surface area contributed by atoms with Crippen molar-refractivity contribution in [3.8, 4) is 23.1 Å². The molecule has 3 heterocycles. The Kier molecular flexibility index (Phi) is 6.11. The number of aliphatic hydroxyl groups excluding tert-OH is 1. The molecule has 5 rings (SSSR count). The van der Waals surface area contributed by atoms with E-state index in [4.69, 9.17) is 9.72 Å². The highest BCUT2D eigenvalue weighted by Gasteiger charge is 2.30. The Bertz CT molecular complexity index is 1120. The molecule has 2 atom stereocenters. The summed E-state index contributed by atoms with van der Waals surface area (Å²) in [6.07, 6.45) is 2.85. The van der Waals surface area contributed by atoms with Gasteiger partial charge in [0.2, 0.25) is 5.95 Å². The quantitative estimate of drug-likeness (QED) is 0.617. The van der Waals surface area contributed by atoms with Gasteiger partial charge in [-0.05, 0) is 56.1 Å². The van der Waals surface area contributed by atoms with Gasteiger partial charge < -0.3 is 24.7 Å². The number of anilines is 1. The number of hydrogen-bond donors (Lipinski definition) is 2. The first-order valence-corrected chi connectivity index (χ1v) is 11.5. The van der Waals surface area contributed by atoms with E-state index in [1.165, 1.54) is 5.56 Å². The number of piperidine rings is 1. The van der Waals surface area contributed by atoms with E-state index >= 15 is 0 Å². The summed E-state index contributed by atoms with van der Waals surface area (Å²) in [6.45, 7) is 2.51. The molecule has 2 aliphatic rings. The molecule has 2 aromatic carbocycles. The van der Waals surface area contributed by atoms with Gasteiger partial charge in [-0.25, -0.2) is 0 Å². The number of hydrogen-bond acceptors (Lipinski definition) is 8. The summed E-state index contributed by atoms with van der Waals surface area (Å²) >= 11 is 0. The van der Waals surface area contributed by atoms with Crippen LogP contribution in [0.1, 0.15) is 30.0 Å². The molecular formula is C25H29N5O3. The lowest BCUT2D eigenvalue weighted by molar-refractivity contribution is 0.0954. The van der Waals surface area contributed by atoms with Crippen LogP contribution in [0.3, 0.4) is 0 Å². The summed E-state index contributed by atoms with van der Waals surface area (Å²) in [7, 11) is 2.09. The van der Waals surface area contributed by atoms with Gasteiger partial charge in [0.05, 0.1) is 12.6 Å². The molecule has 2 aliphatic heterocycles. The number of ether oxygens (including phenoxy) is 1. The van der Waals surface area contributed by atoms with E-state index in [-0.39, 0.29) is 30.5 Å². The number of rotatable bonds is 5. The molecule has 0 amide bonds. The summed E-state index contributed by atoms with van der Waals surface area (Å²) in [4.78, 5) is 18.3. The summed E-state index contributed by atoms with van der Waals surface area (Å²) < 4.78 is 6.23. The lowest BCUT2D eigenvalue weighted by atomic mass is 9.93. The van der Waals surface area contributed by atoms with Crippen molar-refractivity contribution in [1.82, 2.24) is 19.9 Å².